The van der Waals surface area contributed by atoms with Crippen LogP contribution in [0.3, 0.4) is 0 Å². The van der Waals surface area contributed by atoms with E-state index in [1.165, 1.54) is 21.3 Å². The standard InChI is InChI=1S/C24H25NO9/c1-5-31-24(27)25-9-8-12-10-15-21(33-11-32-15)22(30-4)16(12)18(25)19-13-6-7-14(28-2)20(29-3)17(13)23(26)34-19/h6-7,10,18-19H,5,8-9,11H2,1-4H3/t18?,19-/m0/s1. The molecule has 34 heavy (non-hydrogen) atoms. The summed E-state index contributed by atoms with van der Waals surface area (Å²) in [6.07, 6.45) is -0.806. The molecular formula is C24H25NO9. The number of benzene rings is 2. The lowest BCUT2D eigenvalue weighted by Crippen LogP contribution is -2.43. The van der Waals surface area contributed by atoms with E-state index < -0.39 is 24.2 Å². The van der Waals surface area contributed by atoms with Crippen LogP contribution in [0, 0.1) is 0 Å². The molecule has 5 rings (SSSR count). The van der Waals surface area contributed by atoms with E-state index in [1.54, 1.807) is 24.0 Å². The lowest BCUT2D eigenvalue weighted by atomic mass is 9.85. The molecule has 0 saturated carbocycles. The minimum atomic E-state index is -0.833. The Balaban J connectivity index is 1.71. The summed E-state index contributed by atoms with van der Waals surface area (Å²) in [5.41, 5.74) is 2.44. The molecule has 2 aromatic rings. The lowest BCUT2D eigenvalue weighted by Gasteiger charge is -2.39. The molecule has 2 atom stereocenters. The van der Waals surface area contributed by atoms with Crippen LogP contribution in [-0.2, 0) is 15.9 Å². The summed E-state index contributed by atoms with van der Waals surface area (Å²) in [7, 11) is 4.49. The van der Waals surface area contributed by atoms with E-state index >= 15 is 0 Å². The number of ether oxygens (including phenoxy) is 7. The van der Waals surface area contributed by atoms with E-state index in [0.29, 0.717) is 47.1 Å². The fourth-order valence-corrected chi connectivity index (χ4v) is 4.94. The molecule has 1 unspecified atom stereocenters. The summed E-state index contributed by atoms with van der Waals surface area (Å²) in [5.74, 6) is 1.60. The van der Waals surface area contributed by atoms with Gasteiger partial charge in [0.2, 0.25) is 12.5 Å². The summed E-state index contributed by atoms with van der Waals surface area (Å²) in [6, 6.07) is 4.63. The third-order valence-corrected chi connectivity index (χ3v) is 6.31. The zero-order chi connectivity index (χ0) is 24.0. The maximum absolute atomic E-state index is 13.1. The molecule has 0 aliphatic carbocycles. The topological polar surface area (TPSA) is 102 Å². The third kappa shape index (κ3) is 3.16. The van der Waals surface area contributed by atoms with E-state index in [2.05, 4.69) is 0 Å². The number of hydrogen-bond acceptors (Lipinski definition) is 9. The zero-order valence-corrected chi connectivity index (χ0v) is 19.3. The Hall–Kier alpha value is -3.82. The minimum absolute atomic E-state index is 0.0685. The van der Waals surface area contributed by atoms with Crippen LogP contribution < -0.4 is 23.7 Å². The van der Waals surface area contributed by atoms with Gasteiger partial charge in [0, 0.05) is 17.7 Å². The first-order chi connectivity index (χ1) is 16.5. The molecular weight excluding hydrogens is 446 g/mol. The molecule has 0 fully saturated rings. The van der Waals surface area contributed by atoms with Crippen molar-refractivity contribution in [2.24, 2.45) is 0 Å². The van der Waals surface area contributed by atoms with Gasteiger partial charge in [-0.2, -0.15) is 0 Å². The van der Waals surface area contributed by atoms with Crippen LogP contribution in [0.1, 0.15) is 46.1 Å². The van der Waals surface area contributed by atoms with Gasteiger partial charge in [-0.1, -0.05) is 6.07 Å². The molecule has 2 aromatic carbocycles. The van der Waals surface area contributed by atoms with Crippen molar-refractivity contribution in [3.63, 3.8) is 0 Å². The van der Waals surface area contributed by atoms with Gasteiger partial charge in [0.15, 0.2) is 29.1 Å². The Morgan fingerprint density at radius 3 is 2.62 bits per heavy atom. The van der Waals surface area contributed by atoms with Crippen molar-refractivity contribution in [1.82, 2.24) is 4.90 Å². The van der Waals surface area contributed by atoms with Gasteiger partial charge < -0.3 is 33.2 Å². The first kappa shape index (κ1) is 22.0. The number of amides is 1. The normalized spacial score (nSPS) is 19.8. The molecule has 0 radical (unpaired) electrons. The average molecular weight is 471 g/mol. The van der Waals surface area contributed by atoms with Gasteiger partial charge in [-0.25, -0.2) is 9.59 Å². The predicted molar refractivity (Wildman–Crippen MR) is 117 cm³/mol. The number of rotatable bonds is 5. The quantitative estimate of drug-likeness (QED) is 0.607. The smallest absolute Gasteiger partial charge is 0.410 e. The molecule has 3 heterocycles. The van der Waals surface area contributed by atoms with Crippen LogP contribution in [-0.4, -0.2) is 58.2 Å². The molecule has 10 heteroatoms. The zero-order valence-electron chi connectivity index (χ0n) is 19.3. The second-order valence-corrected chi connectivity index (χ2v) is 7.89. The summed E-state index contributed by atoms with van der Waals surface area (Å²) in [5, 5.41) is 0. The van der Waals surface area contributed by atoms with E-state index in [9.17, 15) is 9.59 Å². The molecule has 0 N–H and O–H groups in total. The van der Waals surface area contributed by atoms with Gasteiger partial charge in [0.1, 0.15) is 11.6 Å². The maximum Gasteiger partial charge on any atom is 0.410 e. The fraction of sp³-hybridized carbons (Fsp3) is 0.417. The van der Waals surface area contributed by atoms with Crippen molar-refractivity contribution >= 4 is 12.1 Å². The van der Waals surface area contributed by atoms with Crippen LogP contribution >= 0.6 is 0 Å². The van der Waals surface area contributed by atoms with Gasteiger partial charge in [-0.15, -0.1) is 0 Å². The molecule has 3 aliphatic rings. The lowest BCUT2D eigenvalue weighted by molar-refractivity contribution is 0.000898. The first-order valence-corrected chi connectivity index (χ1v) is 10.9. The number of carbonyl (C=O) groups is 2. The van der Waals surface area contributed by atoms with Gasteiger partial charge in [-0.05, 0) is 31.0 Å². The molecule has 0 saturated heterocycles. The van der Waals surface area contributed by atoms with E-state index in [1.807, 2.05) is 6.07 Å². The van der Waals surface area contributed by atoms with Crippen molar-refractivity contribution in [2.75, 3.05) is 41.3 Å². The minimum Gasteiger partial charge on any atom is -0.493 e. The predicted octanol–water partition coefficient (Wildman–Crippen LogP) is 3.41. The van der Waals surface area contributed by atoms with Gasteiger partial charge >= 0.3 is 12.1 Å². The summed E-state index contributed by atoms with van der Waals surface area (Å²) in [4.78, 5) is 27.7. The molecule has 0 aromatic heterocycles. The van der Waals surface area contributed by atoms with Crippen molar-refractivity contribution in [2.45, 2.75) is 25.5 Å². The van der Waals surface area contributed by atoms with Crippen molar-refractivity contribution in [3.05, 3.63) is 40.5 Å². The van der Waals surface area contributed by atoms with Crippen molar-refractivity contribution in [1.29, 1.82) is 0 Å². The molecule has 10 nitrogen and oxygen atoms in total. The Kier molecular flexibility index (Phi) is 5.51. The second kappa shape index (κ2) is 8.51. The van der Waals surface area contributed by atoms with Crippen molar-refractivity contribution in [3.8, 4) is 28.7 Å². The largest absolute Gasteiger partial charge is 0.493 e. The summed E-state index contributed by atoms with van der Waals surface area (Å²) >= 11 is 0. The highest BCUT2D eigenvalue weighted by Gasteiger charge is 2.48. The third-order valence-electron chi connectivity index (χ3n) is 6.31. The van der Waals surface area contributed by atoms with E-state index in [4.69, 9.17) is 33.2 Å². The Morgan fingerprint density at radius 2 is 1.91 bits per heavy atom. The number of hydrogen-bond donors (Lipinski definition) is 0. The molecule has 3 aliphatic heterocycles. The van der Waals surface area contributed by atoms with Crippen LogP contribution in [0.15, 0.2) is 18.2 Å². The van der Waals surface area contributed by atoms with Crippen LogP contribution in [0.2, 0.25) is 0 Å². The van der Waals surface area contributed by atoms with Crippen molar-refractivity contribution < 1.29 is 42.7 Å². The molecule has 0 spiro atoms. The Bertz CT molecular complexity index is 1160. The fourth-order valence-electron chi connectivity index (χ4n) is 4.94. The highest BCUT2D eigenvalue weighted by atomic mass is 16.7. The van der Waals surface area contributed by atoms with Gasteiger partial charge in [0.25, 0.3) is 0 Å². The number of esters is 1. The molecule has 1 amide bonds. The Morgan fingerprint density at radius 1 is 1.12 bits per heavy atom. The molecule has 0 bridgehead atoms. The number of methoxy groups -OCH3 is 3. The summed E-state index contributed by atoms with van der Waals surface area (Å²) < 4.78 is 39.1. The number of nitrogens with zero attached hydrogens (tertiary/aromatic N) is 1. The first-order valence-electron chi connectivity index (χ1n) is 10.9. The van der Waals surface area contributed by atoms with Crippen LogP contribution in [0.25, 0.3) is 0 Å². The number of cyclic esters (lactones) is 1. The van der Waals surface area contributed by atoms with Crippen LogP contribution in [0.4, 0.5) is 4.79 Å². The molecule has 180 valence electrons. The SMILES string of the molecule is CCOC(=O)N1CCc2cc3c(c(OC)c2C1[C@H]1OC(=O)c2c1ccc(OC)c2OC)OCO3. The maximum atomic E-state index is 13.1. The Labute approximate surface area is 196 Å². The van der Waals surface area contributed by atoms with E-state index in [0.717, 1.165) is 5.56 Å². The highest BCUT2D eigenvalue weighted by molar-refractivity contribution is 5.98. The number of carbonyl (C=O) groups excluding carboxylic acids is 2. The number of fused-ring (bicyclic) bond motifs is 3. The highest BCUT2D eigenvalue weighted by Crippen LogP contribution is 2.55. The van der Waals surface area contributed by atoms with Gasteiger partial charge in [0.05, 0.1) is 27.9 Å². The summed E-state index contributed by atoms with van der Waals surface area (Å²) in [6.45, 7) is 2.37. The van der Waals surface area contributed by atoms with Crippen LogP contribution in [0.5, 0.6) is 28.7 Å². The monoisotopic (exact) mass is 471 g/mol. The van der Waals surface area contributed by atoms with Gasteiger partial charge in [-0.3, -0.25) is 4.90 Å². The average Bonchev–Trinajstić information content (AvgIpc) is 3.45. The second-order valence-electron chi connectivity index (χ2n) is 7.89. The van der Waals surface area contributed by atoms with E-state index in [-0.39, 0.29) is 24.7 Å².